The first-order chi connectivity index (χ1) is 26.9. The van der Waals surface area contributed by atoms with Gasteiger partial charge in [-0.2, -0.15) is 0 Å². The third kappa shape index (κ3) is 18.2. The van der Waals surface area contributed by atoms with E-state index in [9.17, 15) is 0 Å². The monoisotopic (exact) mass is 763 g/mol. The van der Waals surface area contributed by atoms with Crippen molar-refractivity contribution in [1.29, 1.82) is 0 Å². The molecule has 4 aromatic rings. The van der Waals surface area contributed by atoms with Crippen LogP contribution in [-0.4, -0.2) is 51.0 Å². The predicted octanol–water partition coefficient (Wildman–Crippen LogP) is 12.7. The van der Waals surface area contributed by atoms with Gasteiger partial charge in [-0.05, 0) is 103 Å². The number of benzene rings is 2. The molecule has 2 aromatic carbocycles. The van der Waals surface area contributed by atoms with Gasteiger partial charge in [0.25, 0.3) is 0 Å². The predicted molar refractivity (Wildman–Crippen MR) is 239 cm³/mol. The van der Waals surface area contributed by atoms with E-state index in [1.54, 1.807) is 31.0 Å². The van der Waals surface area contributed by atoms with Crippen molar-refractivity contribution in [2.75, 3.05) is 26.2 Å². The molecule has 0 radical (unpaired) electrons. The molecule has 3 aliphatic rings. The van der Waals surface area contributed by atoms with Crippen molar-refractivity contribution in [1.82, 2.24) is 30.2 Å². The highest BCUT2D eigenvalue weighted by molar-refractivity contribution is 5.29. The molecule has 4 heterocycles. The van der Waals surface area contributed by atoms with Gasteiger partial charge in [-0.15, -0.1) is 0 Å². The first-order valence-electron chi connectivity index (χ1n) is 22.1. The number of hydrogen-bond donors (Lipinski definition) is 1. The third-order valence-corrected chi connectivity index (χ3v) is 11.2. The van der Waals surface area contributed by atoms with E-state index >= 15 is 0 Å². The molecular weight excluding hydrogens is 685 g/mol. The van der Waals surface area contributed by atoms with Gasteiger partial charge in [0.2, 0.25) is 0 Å². The fraction of sp³-hybridized carbons (Fsp3) is 0.600. The van der Waals surface area contributed by atoms with Crippen LogP contribution in [0.5, 0.6) is 0 Å². The quantitative estimate of drug-likeness (QED) is 0.193. The second kappa shape index (κ2) is 26.4. The Balaban J connectivity index is 0.000000192. The van der Waals surface area contributed by atoms with Gasteiger partial charge in [0.05, 0.1) is 5.69 Å². The van der Waals surface area contributed by atoms with E-state index in [0.29, 0.717) is 23.7 Å². The Kier molecular flexibility index (Phi) is 22.1. The Bertz CT molecular complexity index is 1490. The van der Waals surface area contributed by atoms with Crippen LogP contribution < -0.4 is 5.32 Å². The van der Waals surface area contributed by atoms with Crippen LogP contribution in [0.1, 0.15) is 184 Å². The summed E-state index contributed by atoms with van der Waals surface area (Å²) < 4.78 is 0. The molecule has 6 heteroatoms. The van der Waals surface area contributed by atoms with Gasteiger partial charge in [-0.1, -0.05) is 150 Å². The van der Waals surface area contributed by atoms with Crippen LogP contribution in [0.2, 0.25) is 0 Å². The molecular formula is C50H78N6. The number of hydrogen-bond acceptors (Lipinski definition) is 6. The molecule has 1 aliphatic carbocycles. The van der Waals surface area contributed by atoms with Gasteiger partial charge >= 0.3 is 0 Å². The average Bonchev–Trinajstić information content (AvgIpc) is 3.96. The van der Waals surface area contributed by atoms with E-state index in [0.717, 1.165) is 42.4 Å². The maximum atomic E-state index is 4.12. The summed E-state index contributed by atoms with van der Waals surface area (Å²) in [6, 6.07) is 20.0. The Morgan fingerprint density at radius 1 is 0.625 bits per heavy atom. The maximum absolute atomic E-state index is 4.12. The summed E-state index contributed by atoms with van der Waals surface area (Å²) >= 11 is 0. The maximum Gasteiger partial charge on any atom is 0.130 e. The Hall–Kier alpha value is -3.48. The highest BCUT2D eigenvalue weighted by atomic mass is 15.1. The third-order valence-electron chi connectivity index (χ3n) is 11.2. The first kappa shape index (κ1) is 46.9. The molecule has 2 aliphatic heterocycles. The molecule has 1 saturated carbocycles. The average molecular weight is 763 g/mol. The van der Waals surface area contributed by atoms with Crippen molar-refractivity contribution in [3.05, 3.63) is 119 Å². The molecule has 2 aromatic heterocycles. The van der Waals surface area contributed by atoms with Crippen LogP contribution in [0.3, 0.4) is 0 Å². The fourth-order valence-corrected chi connectivity index (χ4v) is 7.34. The molecule has 0 bridgehead atoms. The smallest absolute Gasteiger partial charge is 0.130 e. The van der Waals surface area contributed by atoms with E-state index in [4.69, 9.17) is 0 Å². The minimum atomic E-state index is 0.436. The van der Waals surface area contributed by atoms with Crippen molar-refractivity contribution in [2.45, 2.75) is 157 Å². The van der Waals surface area contributed by atoms with E-state index in [-0.39, 0.29) is 0 Å². The van der Waals surface area contributed by atoms with Crippen molar-refractivity contribution in [3.63, 3.8) is 0 Å². The molecule has 2 saturated heterocycles. The SMILES string of the molecule is CC(C)C1CCCCC1.CC(C)c1ccc(CN2CCCC2)cc1.CC(C)c1cccc(C2CCNC2)c1.CC(C)c1cnccn1.CC(C)c1ncccn1. The number of aromatic nitrogens is 4. The number of nitrogens with zero attached hydrogens (tertiary/aromatic N) is 5. The van der Waals surface area contributed by atoms with Crippen LogP contribution in [0.25, 0.3) is 0 Å². The summed E-state index contributed by atoms with van der Waals surface area (Å²) in [6.45, 7) is 28.1. The van der Waals surface area contributed by atoms with Crippen LogP contribution in [0.4, 0.5) is 0 Å². The Morgan fingerprint density at radius 2 is 1.29 bits per heavy atom. The van der Waals surface area contributed by atoms with Crippen molar-refractivity contribution < 1.29 is 0 Å². The van der Waals surface area contributed by atoms with Crippen LogP contribution in [0.15, 0.2) is 85.6 Å². The molecule has 0 amide bonds. The molecule has 0 spiro atoms. The fourth-order valence-electron chi connectivity index (χ4n) is 7.34. The second-order valence-corrected chi connectivity index (χ2v) is 17.6. The summed E-state index contributed by atoms with van der Waals surface area (Å²) in [5, 5.41) is 3.42. The molecule has 1 atom stereocenters. The van der Waals surface area contributed by atoms with Crippen LogP contribution in [-0.2, 0) is 6.54 Å². The largest absolute Gasteiger partial charge is 0.316 e. The van der Waals surface area contributed by atoms with Crippen molar-refractivity contribution in [3.8, 4) is 0 Å². The highest BCUT2D eigenvalue weighted by Gasteiger charge is 2.17. The lowest BCUT2D eigenvalue weighted by atomic mass is 9.82. The summed E-state index contributed by atoms with van der Waals surface area (Å²) in [7, 11) is 0. The molecule has 7 rings (SSSR count). The second-order valence-electron chi connectivity index (χ2n) is 17.6. The highest BCUT2D eigenvalue weighted by Crippen LogP contribution is 2.29. The van der Waals surface area contributed by atoms with Crippen molar-refractivity contribution in [2.24, 2.45) is 11.8 Å². The first-order valence-corrected chi connectivity index (χ1v) is 22.1. The van der Waals surface area contributed by atoms with Gasteiger partial charge in [-0.25, -0.2) is 9.97 Å². The van der Waals surface area contributed by atoms with Crippen LogP contribution in [0, 0.1) is 11.8 Å². The summed E-state index contributed by atoms with van der Waals surface area (Å²) in [6.07, 6.45) is 20.2. The van der Waals surface area contributed by atoms with E-state index in [1.807, 2.05) is 6.07 Å². The summed E-state index contributed by atoms with van der Waals surface area (Å²) in [5.41, 5.74) is 6.94. The van der Waals surface area contributed by atoms with E-state index < -0.39 is 0 Å². The summed E-state index contributed by atoms with van der Waals surface area (Å²) in [4.78, 5) is 18.7. The Morgan fingerprint density at radius 3 is 1.75 bits per heavy atom. The minimum absolute atomic E-state index is 0.436. The zero-order valence-electron chi connectivity index (χ0n) is 37.1. The lowest BCUT2D eigenvalue weighted by molar-refractivity contribution is 0.279. The molecule has 56 heavy (non-hydrogen) atoms. The Labute approximate surface area is 343 Å². The zero-order valence-corrected chi connectivity index (χ0v) is 37.1. The van der Waals surface area contributed by atoms with Gasteiger partial charge < -0.3 is 5.32 Å². The topological polar surface area (TPSA) is 66.8 Å². The number of rotatable bonds is 8. The normalized spacial score (nSPS) is 17.1. The standard InChI is InChI=1S/C14H21N.C13H19N.C9H18.2C7H10N2/c1-12(2)14-7-5-13(6-8-14)11-15-9-3-4-10-15;1-10(2)11-4-3-5-12(8-11)13-6-7-14-9-13;1-8(2)9-6-4-3-5-7-9;1-6(2)7-5-8-3-4-9-7;1-6(2)7-8-4-3-5-9-7/h5-8,12H,3-4,9-11H2,1-2H3;3-5,8,10,13-14H,6-7,9H2,1-2H3;8-9H,3-7H2,1-2H3;2*3-6H,1-2H3. The molecule has 308 valence electrons. The van der Waals surface area contributed by atoms with Crippen molar-refractivity contribution >= 4 is 0 Å². The van der Waals surface area contributed by atoms with Gasteiger partial charge in [0, 0.05) is 50.0 Å². The molecule has 3 fully saturated rings. The molecule has 6 nitrogen and oxygen atoms in total. The lowest BCUT2D eigenvalue weighted by Crippen LogP contribution is -2.18. The number of likely N-dealkylation sites (tertiary alicyclic amines) is 1. The van der Waals surface area contributed by atoms with Gasteiger partial charge in [-0.3, -0.25) is 14.9 Å². The van der Waals surface area contributed by atoms with E-state index in [2.05, 4.69) is 148 Å². The molecule has 1 unspecified atom stereocenters. The summed E-state index contributed by atoms with van der Waals surface area (Å²) in [5.74, 6) is 5.86. The number of nitrogens with one attached hydrogen (secondary N) is 1. The van der Waals surface area contributed by atoms with E-state index in [1.165, 1.54) is 93.3 Å². The minimum Gasteiger partial charge on any atom is -0.316 e. The van der Waals surface area contributed by atoms with Crippen LogP contribution >= 0.6 is 0 Å². The van der Waals surface area contributed by atoms with Gasteiger partial charge in [0.1, 0.15) is 5.82 Å². The lowest BCUT2D eigenvalue weighted by Gasteiger charge is -2.24. The molecule has 1 N–H and O–H groups in total. The van der Waals surface area contributed by atoms with Gasteiger partial charge in [0.15, 0.2) is 0 Å². The zero-order chi connectivity index (χ0) is 40.7.